The van der Waals surface area contributed by atoms with Crippen molar-refractivity contribution in [2.45, 2.75) is 277 Å². The molecule has 0 spiro atoms. The van der Waals surface area contributed by atoms with Gasteiger partial charge in [-0.05, 0) is 103 Å². The topological polar surface area (TPSA) is 78.9 Å². The van der Waals surface area contributed by atoms with Gasteiger partial charge in [-0.3, -0.25) is 14.4 Å². The summed E-state index contributed by atoms with van der Waals surface area (Å²) in [7, 11) is 0. The summed E-state index contributed by atoms with van der Waals surface area (Å²) in [6.45, 7) is 6.46. The van der Waals surface area contributed by atoms with Crippen LogP contribution in [0.25, 0.3) is 0 Å². The van der Waals surface area contributed by atoms with E-state index in [1.807, 2.05) is 0 Å². The molecular formula is C60H104O6. The molecule has 1 unspecified atom stereocenters. The largest absolute Gasteiger partial charge is 0.462 e. The molecule has 0 aromatic carbocycles. The molecule has 0 radical (unpaired) electrons. The summed E-state index contributed by atoms with van der Waals surface area (Å²) in [6.07, 6.45) is 68.9. The van der Waals surface area contributed by atoms with Crippen LogP contribution in [0, 0.1) is 0 Å². The molecule has 6 nitrogen and oxygen atoms in total. The molecule has 0 fully saturated rings. The predicted octanol–water partition coefficient (Wildman–Crippen LogP) is 18.6. The molecule has 0 aliphatic carbocycles. The quantitative estimate of drug-likeness (QED) is 0.0199. The lowest BCUT2D eigenvalue weighted by Crippen LogP contribution is -2.30. The van der Waals surface area contributed by atoms with E-state index in [0.29, 0.717) is 19.3 Å². The molecule has 0 heterocycles. The highest BCUT2D eigenvalue weighted by Crippen LogP contribution is 2.15. The fraction of sp³-hybridized carbons (Fsp3) is 0.750. The molecule has 0 bridgehead atoms. The van der Waals surface area contributed by atoms with Crippen LogP contribution in [0.5, 0.6) is 0 Å². The van der Waals surface area contributed by atoms with E-state index < -0.39 is 6.10 Å². The highest BCUT2D eigenvalue weighted by molar-refractivity contribution is 5.71. The molecule has 0 aromatic heterocycles. The number of ether oxygens (including phenoxy) is 3. The molecule has 0 aromatic rings. The first-order chi connectivity index (χ1) is 32.5. The average Bonchev–Trinajstić information content (AvgIpc) is 3.31. The summed E-state index contributed by atoms with van der Waals surface area (Å²) in [5.41, 5.74) is 0. The Morgan fingerprint density at radius 3 is 1.09 bits per heavy atom. The van der Waals surface area contributed by atoms with Crippen molar-refractivity contribution < 1.29 is 28.6 Å². The summed E-state index contributed by atoms with van der Waals surface area (Å²) in [4.78, 5) is 38.1. The van der Waals surface area contributed by atoms with Crippen molar-refractivity contribution in [3.8, 4) is 0 Å². The Morgan fingerprint density at radius 2 is 0.636 bits per heavy atom. The molecule has 66 heavy (non-hydrogen) atoms. The van der Waals surface area contributed by atoms with E-state index in [2.05, 4.69) is 93.7 Å². The first kappa shape index (κ1) is 62.8. The fourth-order valence-corrected chi connectivity index (χ4v) is 7.74. The molecule has 0 aliphatic rings. The van der Waals surface area contributed by atoms with Gasteiger partial charge in [-0.15, -0.1) is 0 Å². The fourth-order valence-electron chi connectivity index (χ4n) is 7.74. The van der Waals surface area contributed by atoms with Crippen LogP contribution in [0.4, 0.5) is 0 Å². The Balaban J connectivity index is 4.38. The van der Waals surface area contributed by atoms with Gasteiger partial charge in [0.15, 0.2) is 6.10 Å². The smallest absolute Gasteiger partial charge is 0.306 e. The van der Waals surface area contributed by atoms with Crippen molar-refractivity contribution in [1.82, 2.24) is 0 Å². The third kappa shape index (κ3) is 51.8. The van der Waals surface area contributed by atoms with Crippen LogP contribution < -0.4 is 0 Å². The standard InChI is InChI=1S/C60H104O6/c1-4-7-10-13-16-19-22-25-27-29-30-32-33-35-38-41-44-47-50-53-59(62)65-56-57(55-64-58(61)52-49-46-43-40-37-24-21-18-15-12-9-6-3)66-60(63)54-51-48-45-42-39-36-34-31-28-26-23-20-17-14-11-8-5-2/h9,12,16,18-19,21-22,25-26,28,37,40,57H,4-8,10-11,13-15,17,20,23-24,27,29-36,38-39,41-56H2,1-3H3/b12-9-,19-16-,21-18-,25-22-,28-26-,40-37-. The molecule has 0 amide bonds. The Bertz CT molecular complexity index is 1240. The van der Waals surface area contributed by atoms with E-state index in [0.717, 1.165) is 77.0 Å². The lowest BCUT2D eigenvalue weighted by molar-refractivity contribution is -0.167. The Hall–Kier alpha value is -3.15. The summed E-state index contributed by atoms with van der Waals surface area (Å²) < 4.78 is 16.8. The van der Waals surface area contributed by atoms with E-state index in [-0.39, 0.29) is 31.1 Å². The van der Waals surface area contributed by atoms with Gasteiger partial charge in [0.2, 0.25) is 0 Å². The van der Waals surface area contributed by atoms with E-state index in [9.17, 15) is 14.4 Å². The van der Waals surface area contributed by atoms with Crippen molar-refractivity contribution in [3.05, 3.63) is 72.9 Å². The van der Waals surface area contributed by atoms with Crippen LogP contribution in [0.3, 0.4) is 0 Å². The molecule has 6 heteroatoms. The highest BCUT2D eigenvalue weighted by atomic mass is 16.6. The van der Waals surface area contributed by atoms with E-state index >= 15 is 0 Å². The number of esters is 3. The SMILES string of the molecule is CC/C=C\C/C=C\C/C=C\CCCCC(=O)OCC(COC(=O)CCCCCCCCCCCC/C=C\C=C/CCCCC)OC(=O)CCCCCCCCC/C=C\CCCCCCCC. The second-order valence-electron chi connectivity index (χ2n) is 18.5. The van der Waals surface area contributed by atoms with Crippen LogP contribution >= 0.6 is 0 Å². The van der Waals surface area contributed by atoms with Gasteiger partial charge >= 0.3 is 17.9 Å². The summed E-state index contributed by atoms with van der Waals surface area (Å²) >= 11 is 0. The van der Waals surface area contributed by atoms with Crippen LogP contribution in [-0.2, 0) is 28.6 Å². The van der Waals surface area contributed by atoms with Gasteiger partial charge in [-0.1, -0.05) is 222 Å². The van der Waals surface area contributed by atoms with E-state index in [4.69, 9.17) is 14.2 Å². The zero-order valence-corrected chi connectivity index (χ0v) is 43.4. The number of rotatable bonds is 50. The zero-order valence-electron chi connectivity index (χ0n) is 43.4. The number of hydrogen-bond acceptors (Lipinski definition) is 6. The lowest BCUT2D eigenvalue weighted by atomic mass is 10.1. The van der Waals surface area contributed by atoms with Gasteiger partial charge in [0, 0.05) is 19.3 Å². The average molecular weight is 921 g/mol. The van der Waals surface area contributed by atoms with Crippen LogP contribution in [0.15, 0.2) is 72.9 Å². The normalized spacial score (nSPS) is 12.6. The van der Waals surface area contributed by atoms with Crippen molar-refractivity contribution in [2.75, 3.05) is 13.2 Å². The second-order valence-corrected chi connectivity index (χ2v) is 18.5. The van der Waals surface area contributed by atoms with Crippen LogP contribution in [0.2, 0.25) is 0 Å². The third-order valence-electron chi connectivity index (χ3n) is 11.9. The Morgan fingerprint density at radius 1 is 0.333 bits per heavy atom. The van der Waals surface area contributed by atoms with E-state index in [1.165, 1.54) is 154 Å². The highest BCUT2D eigenvalue weighted by Gasteiger charge is 2.19. The molecule has 0 rings (SSSR count). The molecule has 1 atom stereocenters. The Kier molecular flexibility index (Phi) is 51.9. The summed E-state index contributed by atoms with van der Waals surface area (Å²) in [5.74, 6) is -0.934. The molecule has 0 saturated carbocycles. The van der Waals surface area contributed by atoms with Crippen LogP contribution in [-0.4, -0.2) is 37.2 Å². The van der Waals surface area contributed by atoms with Gasteiger partial charge < -0.3 is 14.2 Å². The van der Waals surface area contributed by atoms with Gasteiger partial charge in [0.05, 0.1) is 0 Å². The maximum atomic E-state index is 12.8. The van der Waals surface area contributed by atoms with Gasteiger partial charge in [-0.2, -0.15) is 0 Å². The lowest BCUT2D eigenvalue weighted by Gasteiger charge is -2.18. The number of carbonyl (C=O) groups is 3. The van der Waals surface area contributed by atoms with Gasteiger partial charge in [0.25, 0.3) is 0 Å². The molecule has 0 N–H and O–H groups in total. The number of allylic oxidation sites excluding steroid dienone is 12. The van der Waals surface area contributed by atoms with Crippen molar-refractivity contribution in [1.29, 1.82) is 0 Å². The first-order valence-corrected chi connectivity index (χ1v) is 28.0. The number of unbranched alkanes of at least 4 members (excludes halogenated alkanes) is 28. The molecule has 0 aliphatic heterocycles. The minimum atomic E-state index is -0.794. The minimum absolute atomic E-state index is 0.0906. The molecule has 0 saturated heterocycles. The Labute approximate surface area is 408 Å². The zero-order chi connectivity index (χ0) is 47.9. The third-order valence-corrected chi connectivity index (χ3v) is 11.9. The van der Waals surface area contributed by atoms with Gasteiger partial charge in [-0.25, -0.2) is 0 Å². The summed E-state index contributed by atoms with van der Waals surface area (Å²) in [5, 5.41) is 0. The molecule has 380 valence electrons. The van der Waals surface area contributed by atoms with E-state index in [1.54, 1.807) is 0 Å². The van der Waals surface area contributed by atoms with Gasteiger partial charge in [0.1, 0.15) is 13.2 Å². The van der Waals surface area contributed by atoms with Crippen molar-refractivity contribution in [3.63, 3.8) is 0 Å². The second kappa shape index (κ2) is 54.5. The monoisotopic (exact) mass is 921 g/mol. The van der Waals surface area contributed by atoms with Crippen molar-refractivity contribution in [2.24, 2.45) is 0 Å². The first-order valence-electron chi connectivity index (χ1n) is 28.0. The number of hydrogen-bond donors (Lipinski definition) is 0. The van der Waals surface area contributed by atoms with Crippen molar-refractivity contribution >= 4 is 17.9 Å². The predicted molar refractivity (Wildman–Crippen MR) is 284 cm³/mol. The van der Waals surface area contributed by atoms with Crippen LogP contribution in [0.1, 0.15) is 271 Å². The maximum absolute atomic E-state index is 12.8. The summed E-state index contributed by atoms with van der Waals surface area (Å²) in [6, 6.07) is 0. The molecular weight excluding hydrogens is 817 g/mol. The minimum Gasteiger partial charge on any atom is -0.462 e. The maximum Gasteiger partial charge on any atom is 0.306 e. The number of carbonyl (C=O) groups excluding carboxylic acids is 3.